The third-order valence-corrected chi connectivity index (χ3v) is 4.97. The minimum Gasteiger partial charge on any atom is -0.497 e. The Morgan fingerprint density at radius 2 is 1.77 bits per heavy atom. The fourth-order valence-electron chi connectivity index (χ4n) is 3.25. The molecule has 0 radical (unpaired) electrons. The first-order chi connectivity index (χ1) is 14.4. The Labute approximate surface area is 176 Å². The molecule has 158 valence electrons. The third kappa shape index (κ3) is 4.60. The van der Waals surface area contributed by atoms with Crippen molar-refractivity contribution in [3.05, 3.63) is 65.5 Å². The third-order valence-electron chi connectivity index (χ3n) is 4.97. The maximum absolute atomic E-state index is 12.8. The number of rotatable bonds is 8. The van der Waals surface area contributed by atoms with Crippen LogP contribution in [0.5, 0.6) is 11.5 Å². The molecule has 0 saturated heterocycles. The van der Waals surface area contributed by atoms with Crippen LogP contribution in [0.2, 0.25) is 0 Å². The van der Waals surface area contributed by atoms with Crippen molar-refractivity contribution >= 4 is 5.91 Å². The van der Waals surface area contributed by atoms with Crippen molar-refractivity contribution in [2.45, 2.75) is 13.0 Å². The maximum atomic E-state index is 12.8. The topological polar surface area (TPSA) is 81.5 Å². The van der Waals surface area contributed by atoms with Gasteiger partial charge in [-0.1, -0.05) is 23.4 Å². The molecular formula is C22H27N5O3. The molecule has 0 fully saturated rings. The van der Waals surface area contributed by atoms with Gasteiger partial charge in [0.2, 0.25) is 0 Å². The van der Waals surface area contributed by atoms with E-state index >= 15 is 0 Å². The number of hydrogen-bond donors (Lipinski definition) is 1. The van der Waals surface area contributed by atoms with Gasteiger partial charge in [0.05, 0.1) is 31.6 Å². The van der Waals surface area contributed by atoms with Crippen LogP contribution in [0.15, 0.2) is 48.5 Å². The summed E-state index contributed by atoms with van der Waals surface area (Å²) in [6.45, 7) is 2.24. The van der Waals surface area contributed by atoms with E-state index in [1.165, 1.54) is 0 Å². The van der Waals surface area contributed by atoms with Crippen LogP contribution in [0.4, 0.5) is 0 Å². The normalized spacial score (nSPS) is 11.9. The molecule has 0 aliphatic heterocycles. The molecule has 3 rings (SSSR count). The fourth-order valence-corrected chi connectivity index (χ4v) is 3.25. The number of aromatic nitrogens is 3. The summed E-state index contributed by atoms with van der Waals surface area (Å²) in [4.78, 5) is 14.9. The minimum atomic E-state index is -0.267. The van der Waals surface area contributed by atoms with Crippen LogP contribution in [-0.2, 0) is 0 Å². The molecule has 0 aliphatic rings. The van der Waals surface area contributed by atoms with Gasteiger partial charge in [-0.2, -0.15) is 0 Å². The van der Waals surface area contributed by atoms with Crippen molar-refractivity contribution < 1.29 is 14.3 Å². The number of ether oxygens (including phenoxy) is 2. The summed E-state index contributed by atoms with van der Waals surface area (Å²) in [5.41, 5.74) is 2.78. The van der Waals surface area contributed by atoms with E-state index in [0.717, 1.165) is 17.0 Å². The lowest BCUT2D eigenvalue weighted by Gasteiger charge is -2.25. The molecule has 0 saturated carbocycles. The molecule has 30 heavy (non-hydrogen) atoms. The first-order valence-electron chi connectivity index (χ1n) is 9.60. The average molecular weight is 409 g/mol. The molecule has 1 heterocycles. The summed E-state index contributed by atoms with van der Waals surface area (Å²) in [6, 6.07) is 15.3. The fraction of sp³-hybridized carbons (Fsp3) is 0.318. The molecular weight excluding hydrogens is 382 g/mol. The molecule has 3 aromatic rings. The van der Waals surface area contributed by atoms with Crippen molar-refractivity contribution in [3.8, 4) is 17.2 Å². The summed E-state index contributed by atoms with van der Waals surface area (Å²) in [5.74, 6) is 1.22. The number of carbonyl (C=O) groups is 1. The maximum Gasteiger partial charge on any atom is 0.273 e. The predicted octanol–water partition coefficient (Wildman–Crippen LogP) is 2.63. The standard InChI is InChI=1S/C22H27N5O3/c1-15-21(24-25-27(15)17-9-7-11-19(13-17)30-5)22(28)23-14-20(26(2)3)16-8-6-10-18(12-16)29-4/h6-13,20H,14H2,1-5H3,(H,23,28). The molecule has 0 spiro atoms. The Morgan fingerprint density at radius 3 is 2.43 bits per heavy atom. The van der Waals surface area contributed by atoms with E-state index in [1.54, 1.807) is 18.9 Å². The number of likely N-dealkylation sites (N-methyl/N-ethyl adjacent to an activating group) is 1. The SMILES string of the molecule is COc1cccc(C(CNC(=O)c2nnn(-c3cccc(OC)c3)c2C)N(C)C)c1. The number of carbonyl (C=O) groups excluding carboxylic acids is 1. The molecule has 8 nitrogen and oxygen atoms in total. The molecule has 0 aliphatic carbocycles. The summed E-state index contributed by atoms with van der Waals surface area (Å²) >= 11 is 0. The van der Waals surface area contributed by atoms with Crippen LogP contribution in [-0.4, -0.2) is 60.7 Å². The van der Waals surface area contributed by atoms with Gasteiger partial charge in [0, 0.05) is 12.6 Å². The zero-order valence-electron chi connectivity index (χ0n) is 17.9. The number of benzene rings is 2. The van der Waals surface area contributed by atoms with Crippen LogP contribution < -0.4 is 14.8 Å². The summed E-state index contributed by atoms with van der Waals surface area (Å²) in [7, 11) is 7.19. The largest absolute Gasteiger partial charge is 0.497 e. The van der Waals surface area contributed by atoms with Crippen molar-refractivity contribution in [1.29, 1.82) is 0 Å². The Kier molecular flexibility index (Phi) is 6.68. The Hall–Kier alpha value is -3.39. The number of amides is 1. The van der Waals surface area contributed by atoms with Crippen LogP contribution in [0, 0.1) is 6.92 Å². The van der Waals surface area contributed by atoms with Gasteiger partial charge in [0.15, 0.2) is 5.69 Å². The van der Waals surface area contributed by atoms with E-state index in [2.05, 4.69) is 20.5 Å². The highest BCUT2D eigenvalue weighted by atomic mass is 16.5. The Morgan fingerprint density at radius 1 is 1.10 bits per heavy atom. The van der Waals surface area contributed by atoms with E-state index in [0.29, 0.717) is 23.7 Å². The molecule has 1 amide bonds. The minimum absolute atomic E-state index is 0.0159. The molecule has 1 unspecified atom stereocenters. The number of nitrogens with one attached hydrogen (secondary N) is 1. The monoisotopic (exact) mass is 409 g/mol. The highest BCUT2D eigenvalue weighted by Crippen LogP contribution is 2.22. The highest BCUT2D eigenvalue weighted by Gasteiger charge is 2.21. The van der Waals surface area contributed by atoms with Gasteiger partial charge in [-0.15, -0.1) is 5.10 Å². The summed E-state index contributed by atoms with van der Waals surface area (Å²) in [6.07, 6.45) is 0. The van der Waals surface area contributed by atoms with Crippen LogP contribution in [0.1, 0.15) is 27.8 Å². The number of methoxy groups -OCH3 is 2. The van der Waals surface area contributed by atoms with Crippen LogP contribution >= 0.6 is 0 Å². The van der Waals surface area contributed by atoms with Crippen molar-refractivity contribution in [2.75, 3.05) is 34.9 Å². The molecule has 2 aromatic carbocycles. The van der Waals surface area contributed by atoms with Gasteiger partial charge in [-0.3, -0.25) is 4.79 Å². The molecule has 1 atom stereocenters. The lowest BCUT2D eigenvalue weighted by atomic mass is 10.1. The number of hydrogen-bond acceptors (Lipinski definition) is 6. The lowest BCUT2D eigenvalue weighted by molar-refractivity contribution is 0.0936. The molecule has 1 aromatic heterocycles. The first-order valence-corrected chi connectivity index (χ1v) is 9.60. The second kappa shape index (κ2) is 9.41. The van der Waals surface area contributed by atoms with Gasteiger partial charge >= 0.3 is 0 Å². The Balaban J connectivity index is 1.76. The second-order valence-electron chi connectivity index (χ2n) is 7.10. The second-order valence-corrected chi connectivity index (χ2v) is 7.10. The van der Waals surface area contributed by atoms with E-state index < -0.39 is 0 Å². The average Bonchev–Trinajstić information content (AvgIpc) is 3.15. The van der Waals surface area contributed by atoms with E-state index in [1.807, 2.05) is 69.6 Å². The summed E-state index contributed by atoms with van der Waals surface area (Å²) < 4.78 is 12.2. The van der Waals surface area contributed by atoms with Crippen LogP contribution in [0.3, 0.4) is 0 Å². The van der Waals surface area contributed by atoms with Crippen molar-refractivity contribution in [2.24, 2.45) is 0 Å². The van der Waals surface area contributed by atoms with E-state index in [-0.39, 0.29) is 11.9 Å². The molecule has 1 N–H and O–H groups in total. The van der Waals surface area contributed by atoms with Gasteiger partial charge < -0.3 is 19.7 Å². The molecule has 8 heteroatoms. The van der Waals surface area contributed by atoms with Crippen molar-refractivity contribution in [1.82, 2.24) is 25.2 Å². The smallest absolute Gasteiger partial charge is 0.273 e. The zero-order chi connectivity index (χ0) is 21.7. The summed E-state index contributed by atoms with van der Waals surface area (Å²) in [5, 5.41) is 11.2. The quantitative estimate of drug-likeness (QED) is 0.616. The van der Waals surface area contributed by atoms with Gasteiger partial charge in [-0.25, -0.2) is 4.68 Å². The number of nitrogens with zero attached hydrogens (tertiary/aromatic N) is 4. The van der Waals surface area contributed by atoms with Crippen molar-refractivity contribution in [3.63, 3.8) is 0 Å². The zero-order valence-corrected chi connectivity index (χ0v) is 17.9. The Bertz CT molecular complexity index is 1020. The van der Waals surface area contributed by atoms with E-state index in [4.69, 9.17) is 9.47 Å². The predicted molar refractivity (Wildman–Crippen MR) is 114 cm³/mol. The highest BCUT2D eigenvalue weighted by molar-refractivity contribution is 5.93. The first kappa shape index (κ1) is 21.3. The van der Waals surface area contributed by atoms with E-state index in [9.17, 15) is 4.79 Å². The van der Waals surface area contributed by atoms with Gasteiger partial charge in [0.1, 0.15) is 11.5 Å². The van der Waals surface area contributed by atoms with Crippen LogP contribution in [0.25, 0.3) is 5.69 Å². The molecule has 0 bridgehead atoms. The lowest BCUT2D eigenvalue weighted by Crippen LogP contribution is -2.35. The van der Waals surface area contributed by atoms with Gasteiger partial charge in [-0.05, 0) is 50.8 Å². The van der Waals surface area contributed by atoms with Gasteiger partial charge in [0.25, 0.3) is 5.91 Å².